The molecular formula is C12H18Br2N2O2S. The third kappa shape index (κ3) is 4.44. The Balaban J connectivity index is 3.01. The lowest BCUT2D eigenvalue weighted by Gasteiger charge is -2.15. The van der Waals surface area contributed by atoms with Crippen LogP contribution in [0.5, 0.6) is 0 Å². The van der Waals surface area contributed by atoms with Gasteiger partial charge in [0, 0.05) is 15.5 Å². The molecule has 0 fully saturated rings. The summed E-state index contributed by atoms with van der Waals surface area (Å²) in [5.74, 6) is 0.338. The number of anilines is 1. The number of sulfonamides is 1. The molecule has 0 unspecified atom stereocenters. The number of nitrogens with two attached hydrogens (primary N) is 1. The summed E-state index contributed by atoms with van der Waals surface area (Å²) in [7, 11) is -3.60. The van der Waals surface area contributed by atoms with Crippen LogP contribution in [0.1, 0.15) is 26.7 Å². The molecule has 0 saturated heterocycles. The van der Waals surface area contributed by atoms with Crippen molar-refractivity contribution < 1.29 is 8.42 Å². The van der Waals surface area contributed by atoms with Crippen molar-refractivity contribution in [1.29, 1.82) is 0 Å². The van der Waals surface area contributed by atoms with Crippen LogP contribution in [0.15, 0.2) is 26.0 Å². The zero-order valence-electron chi connectivity index (χ0n) is 10.9. The second-order valence-corrected chi connectivity index (χ2v) is 7.81. The average molecular weight is 414 g/mol. The maximum absolute atomic E-state index is 12.3. The van der Waals surface area contributed by atoms with E-state index in [9.17, 15) is 8.42 Å². The first-order valence-electron chi connectivity index (χ1n) is 6.06. The van der Waals surface area contributed by atoms with Crippen LogP contribution < -0.4 is 10.5 Å². The normalized spacial score (nSPS) is 12.1. The van der Waals surface area contributed by atoms with E-state index in [1.807, 2.05) is 13.8 Å². The van der Waals surface area contributed by atoms with Crippen molar-refractivity contribution >= 4 is 47.6 Å². The van der Waals surface area contributed by atoms with E-state index in [4.69, 9.17) is 5.73 Å². The molecule has 0 spiro atoms. The van der Waals surface area contributed by atoms with E-state index in [-0.39, 0.29) is 10.6 Å². The molecule has 1 aromatic rings. The summed E-state index contributed by atoms with van der Waals surface area (Å²) in [4.78, 5) is 0.0988. The predicted octanol–water partition coefficient (Wildman–Crippen LogP) is 3.51. The highest BCUT2D eigenvalue weighted by Crippen LogP contribution is 2.31. The molecule has 0 heterocycles. The van der Waals surface area contributed by atoms with Gasteiger partial charge in [0.05, 0.1) is 5.69 Å². The van der Waals surface area contributed by atoms with Crippen molar-refractivity contribution in [2.45, 2.75) is 31.6 Å². The number of benzene rings is 1. The Hall–Kier alpha value is -0.110. The summed E-state index contributed by atoms with van der Waals surface area (Å²) in [6, 6.07) is 3.25. The third-order valence-corrected chi connectivity index (χ3v) is 5.91. The Labute approximate surface area is 131 Å². The van der Waals surface area contributed by atoms with Crippen molar-refractivity contribution in [3.05, 3.63) is 21.1 Å². The molecule has 0 aliphatic heterocycles. The van der Waals surface area contributed by atoms with Crippen LogP contribution in [0.4, 0.5) is 5.69 Å². The molecule has 0 aliphatic carbocycles. The zero-order chi connectivity index (χ0) is 14.6. The van der Waals surface area contributed by atoms with Crippen LogP contribution in [0.3, 0.4) is 0 Å². The molecular weight excluding hydrogens is 396 g/mol. The molecule has 1 rings (SSSR count). The fourth-order valence-electron chi connectivity index (χ4n) is 1.74. The van der Waals surface area contributed by atoms with Gasteiger partial charge in [-0.25, -0.2) is 13.1 Å². The number of halogens is 2. The Morgan fingerprint density at radius 1 is 1.26 bits per heavy atom. The Morgan fingerprint density at radius 3 is 2.32 bits per heavy atom. The first kappa shape index (κ1) is 16.9. The molecule has 4 nitrogen and oxygen atoms in total. The van der Waals surface area contributed by atoms with Gasteiger partial charge < -0.3 is 5.73 Å². The van der Waals surface area contributed by atoms with E-state index in [0.717, 1.165) is 17.3 Å². The van der Waals surface area contributed by atoms with Crippen LogP contribution in [-0.4, -0.2) is 15.0 Å². The van der Waals surface area contributed by atoms with Gasteiger partial charge in [-0.05, 0) is 34.0 Å². The maximum Gasteiger partial charge on any atom is 0.243 e. The summed E-state index contributed by atoms with van der Waals surface area (Å²) in [5, 5.41) is 0. The smallest absolute Gasteiger partial charge is 0.243 e. The van der Waals surface area contributed by atoms with Gasteiger partial charge in [0.15, 0.2) is 0 Å². The first-order chi connectivity index (χ1) is 8.81. The van der Waals surface area contributed by atoms with E-state index in [1.165, 1.54) is 0 Å². The minimum absolute atomic E-state index is 0.0988. The fourth-order valence-corrected chi connectivity index (χ4v) is 4.92. The summed E-state index contributed by atoms with van der Waals surface area (Å²) >= 11 is 6.52. The first-order valence-corrected chi connectivity index (χ1v) is 9.12. The lowest BCUT2D eigenvalue weighted by atomic mass is 10.0. The fraction of sp³-hybridized carbons (Fsp3) is 0.500. The van der Waals surface area contributed by atoms with Crippen molar-refractivity contribution in [2.24, 2.45) is 5.92 Å². The van der Waals surface area contributed by atoms with Gasteiger partial charge in [-0.3, -0.25) is 0 Å². The van der Waals surface area contributed by atoms with Gasteiger partial charge in [-0.2, -0.15) is 0 Å². The summed E-state index contributed by atoms with van der Waals surface area (Å²) in [6.45, 7) is 4.52. The van der Waals surface area contributed by atoms with E-state index in [2.05, 4.69) is 36.6 Å². The lowest BCUT2D eigenvalue weighted by molar-refractivity contribution is 0.479. The van der Waals surface area contributed by atoms with Crippen LogP contribution in [0.25, 0.3) is 0 Å². The summed E-state index contributed by atoms with van der Waals surface area (Å²) in [5.41, 5.74) is 6.02. The molecule has 7 heteroatoms. The molecule has 0 atom stereocenters. The molecule has 3 N–H and O–H groups in total. The van der Waals surface area contributed by atoms with Gasteiger partial charge in [0.25, 0.3) is 0 Å². The number of hydrogen-bond donors (Lipinski definition) is 2. The molecule has 0 saturated carbocycles. The number of nitrogens with one attached hydrogen (secondary N) is 1. The Morgan fingerprint density at radius 2 is 1.84 bits per heavy atom. The predicted molar refractivity (Wildman–Crippen MR) is 85.5 cm³/mol. The molecule has 0 radical (unpaired) electrons. The monoisotopic (exact) mass is 412 g/mol. The lowest BCUT2D eigenvalue weighted by Crippen LogP contribution is -2.30. The molecule has 108 valence electrons. The maximum atomic E-state index is 12.3. The second kappa shape index (κ2) is 7.06. The number of rotatable bonds is 6. The standard InChI is InChI=1S/C12H18Br2N2O2S/c1-3-8(4-2)7-16-19(17,18)12-10(14)5-9(13)6-11(12)15/h5-6,8,16H,3-4,7,15H2,1-2H3. The highest BCUT2D eigenvalue weighted by atomic mass is 79.9. The molecule has 0 bridgehead atoms. The number of hydrogen-bond acceptors (Lipinski definition) is 3. The minimum Gasteiger partial charge on any atom is -0.398 e. The van der Waals surface area contributed by atoms with Gasteiger partial charge >= 0.3 is 0 Å². The van der Waals surface area contributed by atoms with E-state index >= 15 is 0 Å². The Kier molecular flexibility index (Phi) is 6.29. The van der Waals surface area contributed by atoms with Crippen LogP contribution >= 0.6 is 31.9 Å². The molecule has 19 heavy (non-hydrogen) atoms. The summed E-state index contributed by atoms with van der Waals surface area (Å²) in [6.07, 6.45) is 1.88. The van der Waals surface area contributed by atoms with Crippen LogP contribution in [0.2, 0.25) is 0 Å². The van der Waals surface area contributed by atoms with Crippen molar-refractivity contribution in [1.82, 2.24) is 4.72 Å². The van der Waals surface area contributed by atoms with Gasteiger partial charge in [0.1, 0.15) is 4.90 Å². The topological polar surface area (TPSA) is 72.2 Å². The Bertz CT molecular complexity index is 520. The third-order valence-electron chi connectivity index (χ3n) is 3.02. The molecule has 0 aliphatic rings. The number of nitrogen functional groups attached to an aromatic ring is 1. The molecule has 0 aromatic heterocycles. The highest BCUT2D eigenvalue weighted by Gasteiger charge is 2.22. The van der Waals surface area contributed by atoms with Crippen molar-refractivity contribution in [3.63, 3.8) is 0 Å². The van der Waals surface area contributed by atoms with E-state index in [0.29, 0.717) is 16.9 Å². The zero-order valence-corrected chi connectivity index (χ0v) is 14.9. The van der Waals surface area contributed by atoms with E-state index < -0.39 is 10.0 Å². The molecule has 1 aromatic carbocycles. The average Bonchev–Trinajstić information content (AvgIpc) is 2.28. The van der Waals surface area contributed by atoms with Gasteiger partial charge in [0.2, 0.25) is 10.0 Å². The van der Waals surface area contributed by atoms with Gasteiger partial charge in [-0.15, -0.1) is 0 Å². The largest absolute Gasteiger partial charge is 0.398 e. The van der Waals surface area contributed by atoms with Crippen molar-refractivity contribution in [3.8, 4) is 0 Å². The quantitative estimate of drug-likeness (QED) is 0.700. The van der Waals surface area contributed by atoms with Crippen LogP contribution in [-0.2, 0) is 10.0 Å². The SMILES string of the molecule is CCC(CC)CNS(=O)(=O)c1c(N)cc(Br)cc1Br. The van der Waals surface area contributed by atoms with Gasteiger partial charge in [-0.1, -0.05) is 42.6 Å². The minimum atomic E-state index is -3.60. The van der Waals surface area contributed by atoms with Crippen LogP contribution in [0, 0.1) is 5.92 Å². The molecule has 0 amide bonds. The summed E-state index contributed by atoms with van der Waals surface area (Å²) < 4.78 is 28.4. The van der Waals surface area contributed by atoms with Crippen molar-refractivity contribution in [2.75, 3.05) is 12.3 Å². The van der Waals surface area contributed by atoms with E-state index in [1.54, 1.807) is 12.1 Å². The highest BCUT2D eigenvalue weighted by molar-refractivity contribution is 9.11. The second-order valence-electron chi connectivity index (χ2n) is 4.34.